The van der Waals surface area contributed by atoms with Gasteiger partial charge in [0.15, 0.2) is 0 Å². The highest BCUT2D eigenvalue weighted by Crippen LogP contribution is 2.43. The molecule has 29 heavy (non-hydrogen) atoms. The van der Waals surface area contributed by atoms with Gasteiger partial charge in [0.05, 0.1) is 0 Å². The highest BCUT2D eigenvalue weighted by Gasteiger charge is 2.42. The number of nitrogens with zero attached hydrogens (tertiary/aromatic N) is 2. The number of halogens is 4. The third kappa shape index (κ3) is 6.07. The summed E-state index contributed by atoms with van der Waals surface area (Å²) in [5, 5.41) is 15.4. The number of nitrogens with one attached hydrogen (secondary N) is 2. The summed E-state index contributed by atoms with van der Waals surface area (Å²) in [5.74, 6) is -2.36. The summed E-state index contributed by atoms with van der Waals surface area (Å²) in [6.07, 6.45) is 1.99. The number of carbonyl (C=O) groups is 1. The predicted octanol–water partition coefficient (Wildman–Crippen LogP) is 4.97. The molecule has 1 aromatic carbocycles. The molecule has 1 amide bonds. The zero-order valence-corrected chi connectivity index (χ0v) is 18.3. The third-order valence-electron chi connectivity index (χ3n) is 5.28. The Hall–Kier alpha value is -1.35. The van der Waals surface area contributed by atoms with Crippen LogP contribution < -0.4 is 10.6 Å². The lowest BCUT2D eigenvalue weighted by Gasteiger charge is -2.29. The van der Waals surface area contributed by atoms with Crippen molar-refractivity contribution in [3.63, 3.8) is 0 Å². The van der Waals surface area contributed by atoms with Crippen LogP contribution in [0.25, 0.3) is 0 Å². The van der Waals surface area contributed by atoms with E-state index in [1.807, 2.05) is 25.1 Å². The van der Waals surface area contributed by atoms with E-state index in [1.54, 1.807) is 6.07 Å². The van der Waals surface area contributed by atoms with Gasteiger partial charge in [0.2, 0.25) is 11.1 Å². The largest absolute Gasteiger partial charge is 0.311 e. The number of aryl methyl sites for hydroxylation is 1. The minimum atomic E-state index is -2.49. The van der Waals surface area contributed by atoms with Crippen molar-refractivity contribution in [3.05, 3.63) is 40.4 Å². The molecule has 2 aliphatic carbocycles. The summed E-state index contributed by atoms with van der Waals surface area (Å²) in [5.41, 5.74) is 1.69. The molecular formula is C19H24Cl2F2N4OS. The molecule has 2 atom stereocenters. The highest BCUT2D eigenvalue weighted by molar-refractivity contribution is 7.15. The Morgan fingerprint density at radius 3 is 2.59 bits per heavy atom. The van der Waals surface area contributed by atoms with E-state index < -0.39 is 5.92 Å². The van der Waals surface area contributed by atoms with Crippen LogP contribution in [0.15, 0.2) is 24.3 Å². The molecule has 1 heterocycles. The molecule has 0 bridgehead atoms. The smallest absolute Gasteiger partial charge is 0.257 e. The lowest BCUT2D eigenvalue weighted by molar-refractivity contribution is -0.0405. The Labute approximate surface area is 184 Å². The molecule has 10 heteroatoms. The van der Waals surface area contributed by atoms with E-state index in [2.05, 4.69) is 20.8 Å². The van der Waals surface area contributed by atoms with Gasteiger partial charge >= 0.3 is 0 Å². The first kappa shape index (κ1) is 23.9. The third-order valence-corrected chi connectivity index (χ3v) is 6.03. The van der Waals surface area contributed by atoms with Crippen LogP contribution in [-0.2, 0) is 0 Å². The minimum Gasteiger partial charge on any atom is -0.311 e. The second-order valence-corrected chi connectivity index (χ2v) is 8.63. The number of benzene rings is 1. The van der Waals surface area contributed by atoms with Crippen LogP contribution in [-0.4, -0.2) is 34.1 Å². The van der Waals surface area contributed by atoms with Crippen LogP contribution in [0, 0.1) is 6.92 Å². The minimum absolute atomic E-state index is 0. The summed E-state index contributed by atoms with van der Waals surface area (Å²) >= 11 is 1.34. The van der Waals surface area contributed by atoms with Crippen molar-refractivity contribution in [3.8, 4) is 0 Å². The zero-order chi connectivity index (χ0) is 19.0. The lowest BCUT2D eigenvalue weighted by atomic mass is 9.92. The average molecular weight is 465 g/mol. The molecule has 4 rings (SSSR count). The Morgan fingerprint density at radius 1 is 1.21 bits per heavy atom. The number of hydrogen-bond donors (Lipinski definition) is 2. The molecule has 2 fully saturated rings. The number of anilines is 1. The number of carbonyl (C=O) groups excluding carboxylic acids is 1. The van der Waals surface area contributed by atoms with Crippen LogP contribution in [0.4, 0.5) is 13.9 Å². The van der Waals surface area contributed by atoms with E-state index in [1.165, 1.54) is 11.3 Å². The first-order valence-corrected chi connectivity index (χ1v) is 10.1. The second kappa shape index (κ2) is 9.64. The van der Waals surface area contributed by atoms with Gasteiger partial charge in [0.25, 0.3) is 5.91 Å². The van der Waals surface area contributed by atoms with Crippen molar-refractivity contribution < 1.29 is 13.6 Å². The molecule has 0 radical (unpaired) electrons. The van der Waals surface area contributed by atoms with Gasteiger partial charge in [-0.3, -0.25) is 10.1 Å². The van der Waals surface area contributed by atoms with Gasteiger partial charge in [0.1, 0.15) is 5.01 Å². The fourth-order valence-corrected chi connectivity index (χ4v) is 4.27. The molecule has 0 spiro atoms. The van der Waals surface area contributed by atoms with E-state index in [0.717, 1.165) is 17.0 Å². The van der Waals surface area contributed by atoms with Crippen molar-refractivity contribution in [1.29, 1.82) is 0 Å². The normalized spacial score (nSPS) is 22.9. The Kier molecular flexibility index (Phi) is 7.95. The van der Waals surface area contributed by atoms with E-state index >= 15 is 0 Å². The summed E-state index contributed by atoms with van der Waals surface area (Å²) in [6.45, 7) is 1.83. The van der Waals surface area contributed by atoms with Gasteiger partial charge in [-0.25, -0.2) is 8.78 Å². The van der Waals surface area contributed by atoms with Crippen LogP contribution in [0.5, 0.6) is 0 Å². The average Bonchev–Trinajstić information content (AvgIpc) is 3.29. The fourth-order valence-electron chi connectivity index (χ4n) is 3.68. The number of rotatable bonds is 5. The lowest BCUT2D eigenvalue weighted by Crippen LogP contribution is -2.38. The van der Waals surface area contributed by atoms with Crippen molar-refractivity contribution in [2.75, 3.05) is 5.32 Å². The molecule has 1 aromatic heterocycles. The molecule has 5 nitrogen and oxygen atoms in total. The molecule has 160 valence electrons. The van der Waals surface area contributed by atoms with Crippen molar-refractivity contribution in [2.24, 2.45) is 0 Å². The number of amides is 1. The molecule has 2 saturated carbocycles. The zero-order valence-electron chi connectivity index (χ0n) is 15.9. The number of alkyl halides is 2. The van der Waals surface area contributed by atoms with Crippen molar-refractivity contribution >= 4 is 47.2 Å². The van der Waals surface area contributed by atoms with E-state index in [4.69, 9.17) is 0 Å². The molecule has 2 aliphatic rings. The fraction of sp³-hybridized carbons (Fsp3) is 0.526. The number of aromatic nitrogens is 2. The summed E-state index contributed by atoms with van der Waals surface area (Å²) < 4.78 is 26.6. The first-order chi connectivity index (χ1) is 12.9. The molecule has 2 unspecified atom stereocenters. The second-order valence-electron chi connectivity index (χ2n) is 7.45. The van der Waals surface area contributed by atoms with Crippen LogP contribution in [0.2, 0.25) is 0 Å². The molecule has 0 saturated heterocycles. The van der Waals surface area contributed by atoms with Gasteiger partial charge < -0.3 is 5.32 Å². The standard InChI is InChI=1S/C19H22F2N4OS.2ClH/c1-11-24-25-18(27-11)23-17(26)13-4-2-3-12(9-13)15-10-16(15)22-14-5-7-19(20,21)8-6-14;;/h2-4,9,14-16,22H,5-8,10H2,1H3,(H,23,25,26);2*1H. The maximum atomic E-state index is 13.3. The molecular weight excluding hydrogens is 441 g/mol. The predicted molar refractivity (Wildman–Crippen MR) is 115 cm³/mol. The number of hydrogen-bond acceptors (Lipinski definition) is 5. The quantitative estimate of drug-likeness (QED) is 0.655. The van der Waals surface area contributed by atoms with Gasteiger partial charge in [-0.2, -0.15) is 0 Å². The first-order valence-electron chi connectivity index (χ1n) is 9.25. The van der Waals surface area contributed by atoms with Gasteiger partial charge in [-0.05, 0) is 43.9 Å². The summed E-state index contributed by atoms with van der Waals surface area (Å²) in [4.78, 5) is 12.4. The molecule has 0 aliphatic heterocycles. The molecule has 2 aromatic rings. The van der Waals surface area contributed by atoms with E-state index in [-0.39, 0.29) is 49.6 Å². The highest BCUT2D eigenvalue weighted by atomic mass is 35.5. The van der Waals surface area contributed by atoms with Crippen LogP contribution in [0.1, 0.15) is 59.0 Å². The monoisotopic (exact) mass is 464 g/mol. The maximum Gasteiger partial charge on any atom is 0.257 e. The van der Waals surface area contributed by atoms with Crippen LogP contribution in [0.3, 0.4) is 0 Å². The SMILES string of the molecule is Cc1nnc(NC(=O)c2cccc(C3CC3NC3CCC(F)(F)CC3)c2)s1.Cl.Cl. The Balaban J connectivity index is 0.00000150. The summed E-state index contributed by atoms with van der Waals surface area (Å²) in [7, 11) is 0. The van der Waals surface area contributed by atoms with E-state index in [0.29, 0.717) is 35.5 Å². The summed E-state index contributed by atoms with van der Waals surface area (Å²) in [6, 6.07) is 8.07. The van der Waals surface area contributed by atoms with Gasteiger partial charge in [0, 0.05) is 36.4 Å². The Morgan fingerprint density at radius 2 is 1.93 bits per heavy atom. The topological polar surface area (TPSA) is 66.9 Å². The maximum absolute atomic E-state index is 13.3. The molecule has 2 N–H and O–H groups in total. The van der Waals surface area contributed by atoms with Crippen molar-refractivity contribution in [2.45, 2.75) is 63.0 Å². The van der Waals surface area contributed by atoms with Crippen LogP contribution >= 0.6 is 36.2 Å². The van der Waals surface area contributed by atoms with E-state index in [9.17, 15) is 13.6 Å². The van der Waals surface area contributed by atoms with Gasteiger partial charge in [-0.15, -0.1) is 35.0 Å². The Bertz CT molecular complexity index is 841. The van der Waals surface area contributed by atoms with Gasteiger partial charge in [-0.1, -0.05) is 23.5 Å². The van der Waals surface area contributed by atoms with Crippen molar-refractivity contribution in [1.82, 2.24) is 15.5 Å².